The molecule has 0 aliphatic rings. The second-order valence-corrected chi connectivity index (χ2v) is 5.75. The highest BCUT2D eigenvalue weighted by molar-refractivity contribution is 6.42. The van der Waals surface area contributed by atoms with Crippen LogP contribution in [0.3, 0.4) is 0 Å². The quantitative estimate of drug-likeness (QED) is 0.344. The molecule has 0 unspecified atom stereocenters. The summed E-state index contributed by atoms with van der Waals surface area (Å²) < 4.78 is 4.79. The third kappa shape index (κ3) is 5.58. The van der Waals surface area contributed by atoms with Gasteiger partial charge in [-0.3, -0.25) is 14.9 Å². The lowest BCUT2D eigenvalue weighted by Crippen LogP contribution is -2.20. The molecule has 0 radical (unpaired) electrons. The number of halogens is 2. The summed E-state index contributed by atoms with van der Waals surface area (Å²) in [7, 11) is 0. The van der Waals surface area contributed by atoms with Gasteiger partial charge in [-0.1, -0.05) is 35.3 Å². The molecule has 0 spiro atoms. The Kier molecular flexibility index (Phi) is 6.71. The van der Waals surface area contributed by atoms with E-state index < -0.39 is 23.4 Å². The third-order valence-corrected chi connectivity index (χ3v) is 3.82. The molecule has 0 bridgehead atoms. The second kappa shape index (κ2) is 8.98. The molecule has 2 aromatic rings. The number of anilines is 1. The number of nitro groups is 1. The van der Waals surface area contributed by atoms with Crippen LogP contribution in [0.25, 0.3) is 6.08 Å². The highest BCUT2D eigenvalue weighted by Gasteiger charge is 2.11. The van der Waals surface area contributed by atoms with Crippen molar-refractivity contribution in [1.82, 2.24) is 0 Å². The fourth-order valence-electron chi connectivity index (χ4n) is 1.91. The van der Waals surface area contributed by atoms with Crippen LogP contribution in [0.15, 0.2) is 48.5 Å². The second-order valence-electron chi connectivity index (χ2n) is 4.93. The van der Waals surface area contributed by atoms with Crippen LogP contribution in [0.5, 0.6) is 0 Å². The van der Waals surface area contributed by atoms with Gasteiger partial charge in [0.15, 0.2) is 6.61 Å². The maximum absolute atomic E-state index is 11.8. The van der Waals surface area contributed by atoms with Crippen LogP contribution in [0.2, 0.25) is 10.0 Å². The smallest absolute Gasteiger partial charge is 0.331 e. The number of hydrogen-bond acceptors (Lipinski definition) is 5. The van der Waals surface area contributed by atoms with Crippen LogP contribution in [0.1, 0.15) is 5.56 Å². The third-order valence-electron chi connectivity index (χ3n) is 3.08. The van der Waals surface area contributed by atoms with Gasteiger partial charge in [0.05, 0.1) is 20.5 Å². The number of amides is 1. The van der Waals surface area contributed by atoms with Gasteiger partial charge in [0.25, 0.3) is 11.6 Å². The standard InChI is InChI=1S/C17H12Cl2N2O5/c18-13-7-6-12(9-14(13)19)20-16(22)10-26-17(23)8-5-11-3-1-2-4-15(11)21(24)25/h1-9H,10H2,(H,20,22)/b8-5+. The zero-order valence-corrected chi connectivity index (χ0v) is 14.7. The van der Waals surface area contributed by atoms with Crippen molar-refractivity contribution < 1.29 is 19.2 Å². The minimum absolute atomic E-state index is 0.145. The van der Waals surface area contributed by atoms with Gasteiger partial charge in [-0.15, -0.1) is 0 Å². The highest BCUT2D eigenvalue weighted by Crippen LogP contribution is 2.25. The van der Waals surface area contributed by atoms with E-state index in [1.807, 2.05) is 0 Å². The first-order valence-corrected chi connectivity index (χ1v) is 7.95. The summed E-state index contributed by atoms with van der Waals surface area (Å²) in [6, 6.07) is 10.4. The fraction of sp³-hybridized carbons (Fsp3) is 0.0588. The molecular weight excluding hydrogens is 383 g/mol. The number of para-hydroxylation sites is 1. The lowest BCUT2D eigenvalue weighted by molar-refractivity contribution is -0.385. The molecule has 7 nitrogen and oxygen atoms in total. The molecule has 0 fully saturated rings. The van der Waals surface area contributed by atoms with E-state index in [9.17, 15) is 19.7 Å². The van der Waals surface area contributed by atoms with E-state index in [-0.39, 0.29) is 16.3 Å². The molecule has 0 aliphatic heterocycles. The van der Waals surface area contributed by atoms with E-state index in [2.05, 4.69) is 5.32 Å². The van der Waals surface area contributed by atoms with Crippen molar-refractivity contribution in [2.75, 3.05) is 11.9 Å². The summed E-state index contributed by atoms with van der Waals surface area (Å²) in [4.78, 5) is 33.7. The minimum atomic E-state index is -0.813. The number of nitrogens with one attached hydrogen (secondary N) is 1. The Morgan fingerprint density at radius 2 is 1.88 bits per heavy atom. The molecule has 9 heteroatoms. The molecule has 0 aromatic heterocycles. The van der Waals surface area contributed by atoms with Crippen LogP contribution >= 0.6 is 23.2 Å². The Hall–Kier alpha value is -2.90. The van der Waals surface area contributed by atoms with E-state index in [0.717, 1.165) is 6.08 Å². The van der Waals surface area contributed by atoms with Crippen LogP contribution in [-0.2, 0) is 14.3 Å². The molecule has 0 saturated carbocycles. The van der Waals surface area contributed by atoms with Crippen molar-refractivity contribution in [2.45, 2.75) is 0 Å². The van der Waals surface area contributed by atoms with Gasteiger partial charge in [0, 0.05) is 17.8 Å². The normalized spacial score (nSPS) is 10.5. The van der Waals surface area contributed by atoms with Crippen molar-refractivity contribution in [3.63, 3.8) is 0 Å². The number of nitro benzene ring substituents is 1. The van der Waals surface area contributed by atoms with Crippen molar-refractivity contribution in [2.24, 2.45) is 0 Å². The Labute approximate surface area is 158 Å². The van der Waals surface area contributed by atoms with Crippen molar-refractivity contribution in [3.05, 3.63) is 74.3 Å². The number of carbonyl (C=O) groups excluding carboxylic acids is 2. The largest absolute Gasteiger partial charge is 0.452 e. The van der Waals surface area contributed by atoms with Crippen molar-refractivity contribution in [3.8, 4) is 0 Å². The van der Waals surface area contributed by atoms with Gasteiger partial charge in [0.1, 0.15) is 0 Å². The number of hydrogen-bond donors (Lipinski definition) is 1. The molecule has 2 aromatic carbocycles. The summed E-state index contributed by atoms with van der Waals surface area (Å²) in [5.74, 6) is -1.39. The van der Waals surface area contributed by atoms with E-state index in [1.165, 1.54) is 36.4 Å². The predicted octanol–water partition coefficient (Wildman–Crippen LogP) is 4.10. The maximum atomic E-state index is 11.8. The van der Waals surface area contributed by atoms with Crippen LogP contribution < -0.4 is 5.32 Å². The SMILES string of the molecule is O=C(COC(=O)/C=C/c1ccccc1[N+](=O)[O-])Nc1ccc(Cl)c(Cl)c1. The van der Waals surface area contributed by atoms with Crippen LogP contribution in [-0.4, -0.2) is 23.4 Å². The number of carbonyl (C=O) groups is 2. The zero-order chi connectivity index (χ0) is 19.1. The maximum Gasteiger partial charge on any atom is 0.331 e. The zero-order valence-electron chi connectivity index (χ0n) is 13.1. The number of benzene rings is 2. The number of rotatable bonds is 6. The fourth-order valence-corrected chi connectivity index (χ4v) is 2.21. The van der Waals surface area contributed by atoms with Gasteiger partial charge in [-0.25, -0.2) is 4.79 Å². The lowest BCUT2D eigenvalue weighted by Gasteiger charge is -2.06. The van der Waals surface area contributed by atoms with Crippen LogP contribution in [0, 0.1) is 10.1 Å². The monoisotopic (exact) mass is 394 g/mol. The topological polar surface area (TPSA) is 98.5 Å². The Morgan fingerprint density at radius 3 is 2.58 bits per heavy atom. The first-order chi connectivity index (χ1) is 12.4. The molecule has 1 N–H and O–H groups in total. The molecule has 134 valence electrons. The Balaban J connectivity index is 1.89. The molecule has 0 atom stereocenters. The molecule has 0 saturated heterocycles. The number of ether oxygens (including phenoxy) is 1. The summed E-state index contributed by atoms with van der Waals surface area (Å²) in [6.07, 6.45) is 2.26. The van der Waals surface area contributed by atoms with E-state index in [1.54, 1.807) is 12.1 Å². The van der Waals surface area contributed by atoms with Gasteiger partial charge < -0.3 is 10.1 Å². The molecule has 0 heterocycles. The summed E-state index contributed by atoms with van der Waals surface area (Å²) in [6.45, 7) is -0.527. The highest BCUT2D eigenvalue weighted by atomic mass is 35.5. The molecule has 0 aliphatic carbocycles. The van der Waals surface area contributed by atoms with Crippen molar-refractivity contribution >= 4 is 52.5 Å². The summed E-state index contributed by atoms with van der Waals surface area (Å²) in [5.41, 5.74) is 0.500. The number of esters is 1. The van der Waals surface area contributed by atoms with Crippen molar-refractivity contribution in [1.29, 1.82) is 0 Å². The van der Waals surface area contributed by atoms with E-state index >= 15 is 0 Å². The first-order valence-electron chi connectivity index (χ1n) is 7.20. The molecular formula is C17H12Cl2N2O5. The molecule has 2 rings (SSSR count). The van der Waals surface area contributed by atoms with Crippen LogP contribution in [0.4, 0.5) is 11.4 Å². The first kappa shape index (κ1) is 19.4. The van der Waals surface area contributed by atoms with E-state index in [0.29, 0.717) is 10.7 Å². The Bertz CT molecular complexity index is 883. The van der Waals surface area contributed by atoms with Gasteiger partial charge in [-0.05, 0) is 30.3 Å². The van der Waals surface area contributed by atoms with Gasteiger partial charge in [0.2, 0.25) is 0 Å². The average molecular weight is 395 g/mol. The average Bonchev–Trinajstić information content (AvgIpc) is 2.61. The van der Waals surface area contributed by atoms with Gasteiger partial charge >= 0.3 is 5.97 Å². The van der Waals surface area contributed by atoms with Gasteiger partial charge in [-0.2, -0.15) is 0 Å². The summed E-state index contributed by atoms with van der Waals surface area (Å²) in [5, 5.41) is 14.0. The minimum Gasteiger partial charge on any atom is -0.452 e. The predicted molar refractivity (Wildman–Crippen MR) is 98.2 cm³/mol. The lowest BCUT2D eigenvalue weighted by atomic mass is 10.1. The van der Waals surface area contributed by atoms with E-state index in [4.69, 9.17) is 27.9 Å². The molecule has 1 amide bonds. The Morgan fingerprint density at radius 1 is 1.15 bits per heavy atom. The summed E-state index contributed by atoms with van der Waals surface area (Å²) >= 11 is 11.6. The number of nitrogens with zero attached hydrogens (tertiary/aromatic N) is 1. The molecule has 26 heavy (non-hydrogen) atoms.